The van der Waals surface area contributed by atoms with Crippen LogP contribution in [0, 0.1) is 12.8 Å². The van der Waals surface area contributed by atoms with Crippen molar-refractivity contribution in [1.29, 1.82) is 0 Å². The van der Waals surface area contributed by atoms with Crippen LogP contribution in [0.2, 0.25) is 10.0 Å². The number of anilines is 1. The van der Waals surface area contributed by atoms with E-state index in [9.17, 15) is 13.2 Å². The summed E-state index contributed by atoms with van der Waals surface area (Å²) in [6, 6.07) is 22.1. The quantitative estimate of drug-likeness (QED) is 0.409. The number of aryl methyl sites for hydroxylation is 1. The molecule has 2 fully saturated rings. The van der Waals surface area contributed by atoms with Gasteiger partial charge < -0.3 is 9.80 Å². The number of sulfonamides is 1. The number of benzene rings is 3. The molecule has 0 unspecified atom stereocenters. The summed E-state index contributed by atoms with van der Waals surface area (Å²) < 4.78 is 28.5. The molecule has 0 spiro atoms. The number of rotatable bonds is 5. The van der Waals surface area contributed by atoms with Crippen molar-refractivity contribution in [3.8, 4) is 0 Å². The second-order valence-corrected chi connectivity index (χ2v) is 12.8. The molecule has 0 bridgehead atoms. The average Bonchev–Trinajstić information content (AvgIpc) is 2.94. The molecule has 0 aliphatic carbocycles. The molecule has 200 valence electrons. The number of halogens is 2. The number of amides is 1. The summed E-state index contributed by atoms with van der Waals surface area (Å²) in [6.07, 6.45) is 0.571. The lowest BCUT2D eigenvalue weighted by Crippen LogP contribution is -2.54. The van der Waals surface area contributed by atoms with E-state index >= 15 is 0 Å². The molecule has 38 heavy (non-hydrogen) atoms. The minimum absolute atomic E-state index is 0.00677. The van der Waals surface area contributed by atoms with Crippen LogP contribution in [0.25, 0.3) is 0 Å². The minimum atomic E-state index is -3.78. The van der Waals surface area contributed by atoms with E-state index in [-0.39, 0.29) is 23.3 Å². The lowest BCUT2D eigenvalue weighted by molar-refractivity contribution is -0.137. The molecule has 2 heterocycles. The Labute approximate surface area is 234 Å². The second kappa shape index (κ2) is 11.3. The lowest BCUT2D eigenvalue weighted by atomic mass is 9.80. The van der Waals surface area contributed by atoms with E-state index in [0.717, 1.165) is 16.8 Å². The van der Waals surface area contributed by atoms with E-state index in [4.69, 9.17) is 23.2 Å². The standard InChI is InChI=1S/C29H31Cl2N3O3S/c1-21-10-11-24(31)19-28(21)32-14-16-33(17-15-32)29(35)27-20-34(13-12-26(27)22-6-3-2-4-7-22)38(36,37)25-9-5-8-23(30)18-25/h2-11,18-19,26-27H,12-17,20H2,1H3/t26-,27-/m0/s1. The van der Waals surface area contributed by atoms with E-state index < -0.39 is 15.9 Å². The van der Waals surface area contributed by atoms with Crippen LogP contribution >= 0.6 is 23.2 Å². The Morgan fingerprint density at radius 2 is 1.55 bits per heavy atom. The normalized spacial score (nSPS) is 20.9. The minimum Gasteiger partial charge on any atom is -0.368 e. The number of hydrogen-bond acceptors (Lipinski definition) is 4. The number of carbonyl (C=O) groups is 1. The topological polar surface area (TPSA) is 60.9 Å². The van der Waals surface area contributed by atoms with Gasteiger partial charge in [-0.2, -0.15) is 4.31 Å². The first kappa shape index (κ1) is 27.0. The van der Waals surface area contributed by atoms with E-state index in [0.29, 0.717) is 49.2 Å². The predicted octanol–water partition coefficient (Wildman–Crippen LogP) is 5.45. The summed E-state index contributed by atoms with van der Waals surface area (Å²) in [5, 5.41) is 1.06. The van der Waals surface area contributed by atoms with Gasteiger partial charge in [-0.25, -0.2) is 8.42 Å². The van der Waals surface area contributed by atoms with Crippen molar-refractivity contribution in [2.24, 2.45) is 5.92 Å². The molecule has 9 heteroatoms. The number of carbonyl (C=O) groups excluding carboxylic acids is 1. The van der Waals surface area contributed by atoms with Gasteiger partial charge in [0.15, 0.2) is 0 Å². The van der Waals surface area contributed by atoms with Crippen LogP contribution in [-0.4, -0.2) is 62.8 Å². The largest absolute Gasteiger partial charge is 0.368 e. The van der Waals surface area contributed by atoms with Gasteiger partial charge >= 0.3 is 0 Å². The molecule has 3 aromatic carbocycles. The molecular formula is C29H31Cl2N3O3S. The van der Waals surface area contributed by atoms with Gasteiger partial charge in [-0.1, -0.05) is 65.7 Å². The summed E-state index contributed by atoms with van der Waals surface area (Å²) in [5.41, 5.74) is 3.30. The fraction of sp³-hybridized carbons (Fsp3) is 0.345. The third kappa shape index (κ3) is 5.57. The van der Waals surface area contributed by atoms with Crippen LogP contribution in [0.4, 0.5) is 5.69 Å². The zero-order chi connectivity index (χ0) is 26.9. The van der Waals surface area contributed by atoms with E-state index in [1.165, 1.54) is 10.4 Å². The van der Waals surface area contributed by atoms with E-state index in [1.807, 2.05) is 53.4 Å². The van der Waals surface area contributed by atoms with Crippen LogP contribution in [-0.2, 0) is 14.8 Å². The Kier molecular flexibility index (Phi) is 8.00. The molecule has 2 atom stereocenters. The average molecular weight is 573 g/mol. The Morgan fingerprint density at radius 1 is 0.842 bits per heavy atom. The summed E-state index contributed by atoms with van der Waals surface area (Å²) >= 11 is 12.3. The fourth-order valence-corrected chi connectivity index (χ4v) is 7.54. The van der Waals surface area contributed by atoms with Gasteiger partial charge in [-0.05, 0) is 60.7 Å². The summed E-state index contributed by atoms with van der Waals surface area (Å²) in [4.78, 5) is 18.3. The molecule has 3 aromatic rings. The molecule has 2 aliphatic heterocycles. The SMILES string of the molecule is Cc1ccc(Cl)cc1N1CCN(C(=O)[C@H]2CN(S(=O)(=O)c3cccc(Cl)c3)CC[C@H]2c2ccccc2)CC1. The van der Waals surface area contributed by atoms with E-state index in [1.54, 1.807) is 18.2 Å². The Bertz CT molecular complexity index is 1410. The Balaban J connectivity index is 1.37. The number of piperidine rings is 1. The smallest absolute Gasteiger partial charge is 0.243 e. The summed E-state index contributed by atoms with van der Waals surface area (Å²) in [6.45, 7) is 5.08. The molecule has 0 aromatic heterocycles. The first-order valence-corrected chi connectivity index (χ1v) is 15.0. The highest BCUT2D eigenvalue weighted by molar-refractivity contribution is 7.89. The maximum Gasteiger partial charge on any atom is 0.243 e. The molecule has 0 N–H and O–H groups in total. The molecule has 6 nitrogen and oxygen atoms in total. The van der Waals surface area contributed by atoms with Gasteiger partial charge in [0.25, 0.3) is 0 Å². The molecule has 0 saturated carbocycles. The lowest BCUT2D eigenvalue weighted by Gasteiger charge is -2.42. The van der Waals surface area contributed by atoms with Gasteiger partial charge in [-0.3, -0.25) is 4.79 Å². The highest BCUT2D eigenvalue weighted by atomic mass is 35.5. The van der Waals surface area contributed by atoms with Crippen molar-refractivity contribution >= 4 is 44.8 Å². The van der Waals surface area contributed by atoms with Crippen molar-refractivity contribution in [3.63, 3.8) is 0 Å². The first-order chi connectivity index (χ1) is 18.2. The van der Waals surface area contributed by atoms with Crippen LogP contribution in [0.1, 0.15) is 23.5 Å². The molecule has 1 amide bonds. The summed E-state index contributed by atoms with van der Waals surface area (Å²) in [5.74, 6) is -0.519. The van der Waals surface area contributed by atoms with Gasteiger partial charge in [-0.15, -0.1) is 0 Å². The van der Waals surface area contributed by atoms with Gasteiger partial charge in [0.2, 0.25) is 15.9 Å². The maximum absolute atomic E-state index is 14.0. The number of hydrogen-bond donors (Lipinski definition) is 0. The summed E-state index contributed by atoms with van der Waals surface area (Å²) in [7, 11) is -3.78. The van der Waals surface area contributed by atoms with Crippen molar-refractivity contribution in [1.82, 2.24) is 9.21 Å². The predicted molar refractivity (Wildman–Crippen MR) is 152 cm³/mol. The monoisotopic (exact) mass is 571 g/mol. The maximum atomic E-state index is 14.0. The number of piperazine rings is 1. The Hall–Kier alpha value is -2.58. The molecule has 0 radical (unpaired) electrons. The van der Waals surface area contributed by atoms with E-state index in [2.05, 4.69) is 11.8 Å². The zero-order valence-electron chi connectivity index (χ0n) is 21.3. The highest BCUT2D eigenvalue weighted by Crippen LogP contribution is 2.37. The van der Waals surface area contributed by atoms with Gasteiger partial charge in [0.05, 0.1) is 10.8 Å². The van der Waals surface area contributed by atoms with Crippen molar-refractivity contribution in [2.45, 2.75) is 24.2 Å². The highest BCUT2D eigenvalue weighted by Gasteiger charge is 2.41. The van der Waals surface area contributed by atoms with Crippen molar-refractivity contribution in [2.75, 3.05) is 44.2 Å². The fourth-order valence-electron chi connectivity index (χ4n) is 5.59. The van der Waals surface area contributed by atoms with Crippen LogP contribution in [0.3, 0.4) is 0 Å². The molecule has 5 rings (SSSR count). The van der Waals surface area contributed by atoms with Crippen LogP contribution in [0.15, 0.2) is 77.7 Å². The third-order valence-electron chi connectivity index (χ3n) is 7.66. The molecule has 2 aliphatic rings. The zero-order valence-corrected chi connectivity index (χ0v) is 23.6. The molecule has 2 saturated heterocycles. The van der Waals surface area contributed by atoms with Crippen molar-refractivity contribution < 1.29 is 13.2 Å². The second-order valence-electron chi connectivity index (χ2n) is 9.98. The molecular weight excluding hydrogens is 541 g/mol. The third-order valence-corrected chi connectivity index (χ3v) is 9.99. The Morgan fingerprint density at radius 3 is 2.26 bits per heavy atom. The van der Waals surface area contributed by atoms with Crippen molar-refractivity contribution in [3.05, 3.63) is 94.0 Å². The van der Waals surface area contributed by atoms with Gasteiger partial charge in [0.1, 0.15) is 0 Å². The first-order valence-electron chi connectivity index (χ1n) is 12.8. The van der Waals surface area contributed by atoms with Crippen LogP contribution in [0.5, 0.6) is 0 Å². The van der Waals surface area contributed by atoms with Gasteiger partial charge in [0, 0.05) is 55.0 Å². The van der Waals surface area contributed by atoms with Crippen LogP contribution < -0.4 is 4.90 Å². The number of nitrogens with zero attached hydrogens (tertiary/aromatic N) is 3.